The van der Waals surface area contributed by atoms with Gasteiger partial charge in [0.25, 0.3) is 0 Å². The summed E-state index contributed by atoms with van der Waals surface area (Å²) in [4.78, 5) is 0. The molecule has 0 unspecified atom stereocenters. The average Bonchev–Trinajstić information content (AvgIpc) is 1.80. The molecule has 2 N–H and O–H groups in total. The third-order valence-corrected chi connectivity index (χ3v) is 2.04. The average molecular weight is 128 g/mol. The highest BCUT2D eigenvalue weighted by Crippen LogP contribution is 1.99. The molecule has 0 saturated carbocycles. The highest BCUT2D eigenvalue weighted by atomic mass is 15.1. The van der Waals surface area contributed by atoms with Crippen LogP contribution >= 0.6 is 0 Å². The quantitative estimate of drug-likeness (QED) is 0.492. The maximum atomic E-state index is 3.47. The van der Waals surface area contributed by atoms with Crippen LogP contribution in [0.1, 0.15) is 20.8 Å². The third-order valence-electron chi connectivity index (χ3n) is 2.04. The maximum Gasteiger partial charge on any atom is 0.0193 e. The minimum Gasteiger partial charge on any atom is -0.311 e. The lowest BCUT2D eigenvalue weighted by Crippen LogP contribution is -2.57. The molecule has 3 atom stereocenters. The lowest BCUT2D eigenvalue weighted by Gasteiger charge is -2.32. The zero-order valence-corrected chi connectivity index (χ0v) is 6.44. The predicted molar refractivity (Wildman–Crippen MR) is 39.5 cm³/mol. The van der Waals surface area contributed by atoms with Crippen LogP contribution in [0.4, 0.5) is 0 Å². The summed E-state index contributed by atoms with van der Waals surface area (Å²) >= 11 is 0. The first-order valence-electron chi connectivity index (χ1n) is 3.69. The van der Waals surface area contributed by atoms with Crippen LogP contribution in [0.15, 0.2) is 0 Å². The highest BCUT2D eigenvalue weighted by molar-refractivity contribution is 4.84. The van der Waals surface area contributed by atoms with Gasteiger partial charge >= 0.3 is 0 Å². The molecule has 0 aromatic rings. The fraction of sp³-hybridized carbons (Fsp3) is 1.00. The molecule has 1 aliphatic rings. The summed E-state index contributed by atoms with van der Waals surface area (Å²) in [6.45, 7) is 7.73. The minimum atomic E-state index is 0.619. The second kappa shape index (κ2) is 2.67. The van der Waals surface area contributed by atoms with Crippen molar-refractivity contribution in [2.24, 2.45) is 0 Å². The van der Waals surface area contributed by atoms with E-state index in [0.29, 0.717) is 18.1 Å². The van der Waals surface area contributed by atoms with Gasteiger partial charge in [-0.1, -0.05) is 0 Å². The zero-order valence-electron chi connectivity index (χ0n) is 6.44. The van der Waals surface area contributed by atoms with E-state index in [-0.39, 0.29) is 0 Å². The van der Waals surface area contributed by atoms with Crippen molar-refractivity contribution in [2.75, 3.05) is 6.54 Å². The second-order valence-electron chi connectivity index (χ2n) is 3.05. The summed E-state index contributed by atoms with van der Waals surface area (Å²) in [7, 11) is 0. The Balaban J connectivity index is 2.35. The van der Waals surface area contributed by atoms with Crippen molar-refractivity contribution < 1.29 is 0 Å². The monoisotopic (exact) mass is 128 g/mol. The smallest absolute Gasteiger partial charge is 0.0193 e. The summed E-state index contributed by atoms with van der Waals surface area (Å²) < 4.78 is 0. The van der Waals surface area contributed by atoms with E-state index in [4.69, 9.17) is 0 Å². The molecule has 0 amide bonds. The van der Waals surface area contributed by atoms with E-state index in [2.05, 4.69) is 31.4 Å². The van der Waals surface area contributed by atoms with Gasteiger partial charge in [0.1, 0.15) is 0 Å². The predicted octanol–water partition coefficient (Wildman–Crippen LogP) is 0.345. The Morgan fingerprint density at radius 3 is 2.22 bits per heavy atom. The summed E-state index contributed by atoms with van der Waals surface area (Å²) in [5, 5.41) is 6.89. The van der Waals surface area contributed by atoms with E-state index in [9.17, 15) is 0 Å². The van der Waals surface area contributed by atoms with Gasteiger partial charge in [0.2, 0.25) is 0 Å². The van der Waals surface area contributed by atoms with Gasteiger partial charge in [-0.3, -0.25) is 0 Å². The summed E-state index contributed by atoms with van der Waals surface area (Å²) in [6.07, 6.45) is 0. The minimum absolute atomic E-state index is 0.619. The Kier molecular flexibility index (Phi) is 2.09. The van der Waals surface area contributed by atoms with Gasteiger partial charge in [-0.15, -0.1) is 0 Å². The van der Waals surface area contributed by atoms with E-state index in [0.717, 1.165) is 6.54 Å². The molecule has 9 heavy (non-hydrogen) atoms. The fourth-order valence-electron chi connectivity index (χ4n) is 1.19. The standard InChI is InChI=1S/C7H16N2/c1-5-4-8-6(2)7(3)9-5/h5-9H,4H2,1-3H3/t5-,6+,7+/m0/s1. The lowest BCUT2D eigenvalue weighted by atomic mass is 10.1. The van der Waals surface area contributed by atoms with Crippen molar-refractivity contribution in [1.82, 2.24) is 10.6 Å². The van der Waals surface area contributed by atoms with Crippen molar-refractivity contribution in [3.05, 3.63) is 0 Å². The largest absolute Gasteiger partial charge is 0.311 e. The Bertz CT molecular complexity index is 92.9. The van der Waals surface area contributed by atoms with Crippen molar-refractivity contribution in [1.29, 1.82) is 0 Å². The van der Waals surface area contributed by atoms with E-state index in [1.807, 2.05) is 0 Å². The lowest BCUT2D eigenvalue weighted by molar-refractivity contribution is 0.305. The van der Waals surface area contributed by atoms with Crippen LogP contribution in [0.3, 0.4) is 0 Å². The van der Waals surface area contributed by atoms with E-state index < -0.39 is 0 Å². The first-order valence-corrected chi connectivity index (χ1v) is 3.69. The molecule has 1 heterocycles. The Morgan fingerprint density at radius 1 is 1.11 bits per heavy atom. The van der Waals surface area contributed by atoms with Crippen LogP contribution in [0.25, 0.3) is 0 Å². The fourth-order valence-corrected chi connectivity index (χ4v) is 1.19. The molecule has 2 nitrogen and oxygen atoms in total. The molecular weight excluding hydrogens is 112 g/mol. The summed E-state index contributed by atoms with van der Waals surface area (Å²) in [6, 6.07) is 1.88. The molecule has 1 rings (SSSR count). The van der Waals surface area contributed by atoms with Crippen LogP contribution in [-0.2, 0) is 0 Å². The van der Waals surface area contributed by atoms with Crippen molar-refractivity contribution in [3.8, 4) is 0 Å². The molecule has 0 aliphatic carbocycles. The Hall–Kier alpha value is -0.0800. The van der Waals surface area contributed by atoms with Crippen LogP contribution < -0.4 is 10.6 Å². The van der Waals surface area contributed by atoms with E-state index in [1.165, 1.54) is 0 Å². The number of piperazine rings is 1. The Morgan fingerprint density at radius 2 is 1.78 bits per heavy atom. The van der Waals surface area contributed by atoms with Crippen LogP contribution in [0.2, 0.25) is 0 Å². The maximum absolute atomic E-state index is 3.47. The van der Waals surface area contributed by atoms with Gasteiger partial charge in [-0.2, -0.15) is 0 Å². The second-order valence-corrected chi connectivity index (χ2v) is 3.05. The molecule has 54 valence electrons. The van der Waals surface area contributed by atoms with Crippen LogP contribution in [0, 0.1) is 0 Å². The first kappa shape index (κ1) is 7.03. The van der Waals surface area contributed by atoms with Gasteiger partial charge < -0.3 is 10.6 Å². The van der Waals surface area contributed by atoms with Gasteiger partial charge in [0.05, 0.1) is 0 Å². The molecule has 1 fully saturated rings. The molecule has 2 heteroatoms. The topological polar surface area (TPSA) is 24.1 Å². The summed E-state index contributed by atoms with van der Waals surface area (Å²) in [5.41, 5.74) is 0. The third kappa shape index (κ3) is 1.66. The molecule has 0 aromatic heterocycles. The molecule has 1 aliphatic heterocycles. The highest BCUT2D eigenvalue weighted by Gasteiger charge is 2.18. The van der Waals surface area contributed by atoms with E-state index in [1.54, 1.807) is 0 Å². The zero-order chi connectivity index (χ0) is 6.85. The van der Waals surface area contributed by atoms with Gasteiger partial charge in [-0.05, 0) is 20.8 Å². The van der Waals surface area contributed by atoms with Gasteiger partial charge in [0.15, 0.2) is 0 Å². The molecule has 0 aromatic carbocycles. The molecule has 1 saturated heterocycles. The number of nitrogens with one attached hydrogen (secondary N) is 2. The first-order chi connectivity index (χ1) is 4.20. The van der Waals surface area contributed by atoms with Gasteiger partial charge in [0, 0.05) is 24.7 Å². The summed E-state index contributed by atoms with van der Waals surface area (Å²) in [5.74, 6) is 0. The molecule has 0 radical (unpaired) electrons. The normalized spacial score (nSPS) is 45.0. The van der Waals surface area contributed by atoms with Crippen molar-refractivity contribution in [3.63, 3.8) is 0 Å². The molecular formula is C7H16N2. The van der Waals surface area contributed by atoms with Crippen LogP contribution in [0.5, 0.6) is 0 Å². The van der Waals surface area contributed by atoms with Crippen molar-refractivity contribution >= 4 is 0 Å². The Labute approximate surface area is 57.0 Å². The SMILES string of the molecule is C[C@H]1CN[C@H](C)[C@@H](C)N1. The van der Waals surface area contributed by atoms with Crippen molar-refractivity contribution in [2.45, 2.75) is 38.9 Å². The van der Waals surface area contributed by atoms with Crippen LogP contribution in [-0.4, -0.2) is 24.7 Å². The van der Waals surface area contributed by atoms with E-state index >= 15 is 0 Å². The number of rotatable bonds is 0. The number of hydrogen-bond donors (Lipinski definition) is 2. The molecule has 0 spiro atoms. The molecule has 0 bridgehead atoms. The number of hydrogen-bond acceptors (Lipinski definition) is 2. The van der Waals surface area contributed by atoms with Gasteiger partial charge in [-0.25, -0.2) is 0 Å².